The molecule has 0 aliphatic heterocycles. The van der Waals surface area contributed by atoms with E-state index >= 15 is 0 Å². The number of hydrogen-bond acceptors (Lipinski definition) is 4. The van der Waals surface area contributed by atoms with Gasteiger partial charge in [-0.1, -0.05) is 17.7 Å². The van der Waals surface area contributed by atoms with Crippen molar-refractivity contribution in [3.63, 3.8) is 0 Å². The number of ketones is 1. The van der Waals surface area contributed by atoms with Crippen LogP contribution in [-0.2, 0) is 0 Å². The summed E-state index contributed by atoms with van der Waals surface area (Å²) in [6.07, 6.45) is 0. The Labute approximate surface area is 105 Å². The van der Waals surface area contributed by atoms with Crippen LogP contribution in [0.15, 0.2) is 29.6 Å². The Morgan fingerprint density at radius 2 is 1.94 bits per heavy atom. The first-order valence-corrected chi connectivity index (χ1v) is 6.23. The van der Waals surface area contributed by atoms with Crippen molar-refractivity contribution in [2.75, 3.05) is 11.9 Å². The van der Waals surface area contributed by atoms with Crippen LogP contribution in [0.25, 0.3) is 0 Å². The van der Waals surface area contributed by atoms with Gasteiger partial charge in [0.2, 0.25) is 0 Å². The van der Waals surface area contributed by atoms with Crippen LogP contribution in [0.1, 0.15) is 23.0 Å². The van der Waals surface area contributed by atoms with E-state index < -0.39 is 0 Å². The molecular weight excluding hydrogens is 232 g/mol. The van der Waals surface area contributed by atoms with Gasteiger partial charge in [0.25, 0.3) is 0 Å². The minimum Gasteiger partial charge on any atom is -0.321 e. The van der Waals surface area contributed by atoms with Gasteiger partial charge in [-0.15, -0.1) is 11.3 Å². The van der Waals surface area contributed by atoms with Crippen LogP contribution in [0, 0.1) is 6.92 Å². The van der Waals surface area contributed by atoms with Crippen LogP contribution in [0.5, 0.6) is 0 Å². The fraction of sp³-hybridized carbons (Fsp3) is 0.231. The minimum absolute atomic E-state index is 0.00445. The Hall–Kier alpha value is -1.68. The number of aryl methyl sites for hydroxylation is 1. The van der Waals surface area contributed by atoms with E-state index in [0.29, 0.717) is 5.69 Å². The molecule has 3 nitrogen and oxygen atoms in total. The van der Waals surface area contributed by atoms with Gasteiger partial charge >= 0.3 is 0 Å². The smallest absolute Gasteiger partial charge is 0.190 e. The molecule has 4 heteroatoms. The van der Waals surface area contributed by atoms with Gasteiger partial charge in [0.05, 0.1) is 0 Å². The van der Waals surface area contributed by atoms with Crippen molar-refractivity contribution in [1.29, 1.82) is 0 Å². The molecule has 0 aliphatic rings. The van der Waals surface area contributed by atoms with Gasteiger partial charge in [-0.05, 0) is 19.1 Å². The third kappa shape index (κ3) is 2.53. The molecule has 0 fully saturated rings. The Morgan fingerprint density at radius 1 is 1.29 bits per heavy atom. The second-order valence-electron chi connectivity index (χ2n) is 3.97. The predicted molar refractivity (Wildman–Crippen MR) is 71.4 cm³/mol. The maximum absolute atomic E-state index is 11.2. The van der Waals surface area contributed by atoms with Crippen molar-refractivity contribution in [3.8, 4) is 0 Å². The Kier molecular flexibility index (Phi) is 3.24. The highest BCUT2D eigenvalue weighted by atomic mass is 32.1. The summed E-state index contributed by atoms with van der Waals surface area (Å²) < 4.78 is 0. The van der Waals surface area contributed by atoms with Crippen LogP contribution in [-0.4, -0.2) is 17.8 Å². The second-order valence-corrected chi connectivity index (χ2v) is 4.80. The number of hydrogen-bond donors (Lipinski definition) is 0. The highest BCUT2D eigenvalue weighted by molar-refractivity contribution is 7.14. The first kappa shape index (κ1) is 11.8. The molecule has 0 bridgehead atoms. The number of Topliss-reactive ketones (excluding diaryl/α,β-unsaturated/α-hetero) is 1. The van der Waals surface area contributed by atoms with Gasteiger partial charge in [0.15, 0.2) is 10.9 Å². The number of nitrogens with zero attached hydrogens (tertiary/aromatic N) is 2. The highest BCUT2D eigenvalue weighted by Gasteiger charge is 2.10. The summed E-state index contributed by atoms with van der Waals surface area (Å²) in [5.41, 5.74) is 2.83. The van der Waals surface area contributed by atoms with Crippen LogP contribution >= 0.6 is 11.3 Å². The first-order chi connectivity index (χ1) is 8.08. The Bertz CT molecular complexity index is 531. The van der Waals surface area contributed by atoms with Crippen molar-refractivity contribution in [2.24, 2.45) is 0 Å². The number of rotatable bonds is 3. The summed E-state index contributed by atoms with van der Waals surface area (Å²) in [6.45, 7) is 3.59. The van der Waals surface area contributed by atoms with E-state index in [1.807, 2.05) is 24.1 Å². The number of thiazole rings is 1. The molecule has 0 unspecified atom stereocenters. The summed E-state index contributed by atoms with van der Waals surface area (Å²) in [7, 11) is 1.95. The van der Waals surface area contributed by atoms with Crippen LogP contribution < -0.4 is 4.90 Å². The number of carbonyl (C=O) groups excluding carboxylic acids is 1. The molecule has 0 N–H and O–H groups in total. The summed E-state index contributed by atoms with van der Waals surface area (Å²) >= 11 is 1.48. The van der Waals surface area contributed by atoms with E-state index in [4.69, 9.17) is 0 Å². The SMILES string of the molecule is CC(=O)c1csc(N(C)c2ccc(C)cc2)n1. The van der Waals surface area contributed by atoms with Crippen molar-refractivity contribution >= 4 is 27.9 Å². The zero-order chi connectivity index (χ0) is 12.4. The van der Waals surface area contributed by atoms with Crippen molar-refractivity contribution in [3.05, 3.63) is 40.9 Å². The van der Waals surface area contributed by atoms with E-state index in [-0.39, 0.29) is 5.78 Å². The standard InChI is InChI=1S/C13H14N2OS/c1-9-4-6-11(7-5-9)15(3)13-14-12(8-17-13)10(2)16/h4-8H,1-3H3. The van der Waals surface area contributed by atoms with Gasteiger partial charge in [0.1, 0.15) is 5.69 Å². The largest absolute Gasteiger partial charge is 0.321 e. The molecule has 0 atom stereocenters. The molecule has 0 amide bonds. The average Bonchev–Trinajstić information content (AvgIpc) is 2.78. The van der Waals surface area contributed by atoms with E-state index in [2.05, 4.69) is 24.0 Å². The van der Waals surface area contributed by atoms with Crippen LogP contribution in [0.2, 0.25) is 0 Å². The summed E-state index contributed by atoms with van der Waals surface area (Å²) in [6, 6.07) is 8.21. The molecule has 17 heavy (non-hydrogen) atoms. The van der Waals surface area contributed by atoms with Gasteiger partial charge in [-0.25, -0.2) is 4.98 Å². The number of carbonyl (C=O) groups is 1. The molecule has 0 radical (unpaired) electrons. The van der Waals surface area contributed by atoms with Gasteiger partial charge in [0, 0.05) is 25.0 Å². The molecule has 1 heterocycles. The fourth-order valence-electron chi connectivity index (χ4n) is 1.46. The lowest BCUT2D eigenvalue weighted by Gasteiger charge is -2.15. The Balaban J connectivity index is 2.27. The molecule has 0 saturated heterocycles. The van der Waals surface area contributed by atoms with Crippen LogP contribution in [0.3, 0.4) is 0 Å². The minimum atomic E-state index is 0.00445. The topological polar surface area (TPSA) is 33.2 Å². The zero-order valence-corrected chi connectivity index (χ0v) is 10.9. The molecule has 0 aliphatic carbocycles. The number of anilines is 2. The molecule has 0 saturated carbocycles. The monoisotopic (exact) mass is 246 g/mol. The number of benzene rings is 1. The lowest BCUT2D eigenvalue weighted by molar-refractivity contribution is 0.101. The molecule has 1 aromatic heterocycles. The first-order valence-electron chi connectivity index (χ1n) is 5.35. The van der Waals surface area contributed by atoms with E-state index in [0.717, 1.165) is 10.8 Å². The van der Waals surface area contributed by atoms with Gasteiger partial charge in [-0.3, -0.25) is 4.79 Å². The zero-order valence-electron chi connectivity index (χ0n) is 10.1. The van der Waals surface area contributed by atoms with E-state index in [9.17, 15) is 4.79 Å². The highest BCUT2D eigenvalue weighted by Crippen LogP contribution is 2.27. The average molecular weight is 246 g/mol. The normalized spacial score (nSPS) is 10.3. The molecule has 1 aromatic carbocycles. The second kappa shape index (κ2) is 4.67. The third-order valence-corrected chi connectivity index (χ3v) is 3.48. The number of aromatic nitrogens is 1. The molecule has 2 rings (SSSR count). The van der Waals surface area contributed by atoms with Crippen molar-refractivity contribution < 1.29 is 4.79 Å². The predicted octanol–water partition coefficient (Wildman–Crippen LogP) is 3.42. The summed E-state index contributed by atoms with van der Waals surface area (Å²) in [5, 5.41) is 2.63. The third-order valence-electron chi connectivity index (χ3n) is 2.56. The van der Waals surface area contributed by atoms with Gasteiger partial charge < -0.3 is 4.90 Å². The molecule has 2 aromatic rings. The lowest BCUT2D eigenvalue weighted by atomic mass is 10.2. The molecule has 0 spiro atoms. The van der Waals surface area contributed by atoms with Crippen LogP contribution in [0.4, 0.5) is 10.8 Å². The van der Waals surface area contributed by atoms with E-state index in [1.165, 1.54) is 23.8 Å². The maximum atomic E-state index is 11.2. The quantitative estimate of drug-likeness (QED) is 0.778. The van der Waals surface area contributed by atoms with Gasteiger partial charge in [-0.2, -0.15) is 0 Å². The summed E-state index contributed by atoms with van der Waals surface area (Å²) in [5.74, 6) is 0.00445. The fourth-order valence-corrected chi connectivity index (χ4v) is 2.31. The summed E-state index contributed by atoms with van der Waals surface area (Å²) in [4.78, 5) is 17.5. The van der Waals surface area contributed by atoms with E-state index in [1.54, 1.807) is 5.38 Å². The maximum Gasteiger partial charge on any atom is 0.190 e. The molecule has 88 valence electrons. The Morgan fingerprint density at radius 3 is 2.47 bits per heavy atom. The lowest BCUT2D eigenvalue weighted by Crippen LogP contribution is -2.09. The van der Waals surface area contributed by atoms with Crippen molar-refractivity contribution in [2.45, 2.75) is 13.8 Å². The molecular formula is C13H14N2OS. The van der Waals surface area contributed by atoms with Crippen molar-refractivity contribution in [1.82, 2.24) is 4.98 Å².